The second kappa shape index (κ2) is 8.11. The van der Waals surface area contributed by atoms with Gasteiger partial charge in [-0.05, 0) is 35.9 Å². The zero-order chi connectivity index (χ0) is 18.4. The number of nitrogens with one attached hydrogen (secondary N) is 1. The van der Waals surface area contributed by atoms with Crippen LogP contribution in [0, 0.1) is 0 Å². The number of nitrogens with zero attached hydrogens (tertiary/aromatic N) is 2. The fourth-order valence-corrected chi connectivity index (χ4v) is 2.63. The lowest BCUT2D eigenvalue weighted by molar-refractivity contribution is 0.0599. The van der Waals surface area contributed by atoms with Crippen LogP contribution in [0.1, 0.15) is 32.0 Å². The minimum Gasteiger partial charge on any atom is -0.465 e. The fraction of sp³-hybridized carbons (Fsp3) is 0.150. The number of ether oxygens (including phenoxy) is 1. The second-order valence-corrected chi connectivity index (χ2v) is 5.80. The number of aromatic amines is 1. The highest BCUT2D eigenvalue weighted by Gasteiger charge is 2.18. The summed E-state index contributed by atoms with van der Waals surface area (Å²) in [4.78, 5) is 26.3. The van der Waals surface area contributed by atoms with Crippen molar-refractivity contribution in [2.45, 2.75) is 13.1 Å². The Labute approximate surface area is 151 Å². The van der Waals surface area contributed by atoms with Crippen molar-refractivity contribution < 1.29 is 14.3 Å². The number of methoxy groups -OCH3 is 1. The molecule has 1 amide bonds. The van der Waals surface area contributed by atoms with Crippen LogP contribution in [0.3, 0.4) is 0 Å². The van der Waals surface area contributed by atoms with E-state index in [0.717, 1.165) is 11.3 Å². The molecule has 2 aromatic carbocycles. The summed E-state index contributed by atoms with van der Waals surface area (Å²) < 4.78 is 4.69. The first-order chi connectivity index (χ1) is 12.7. The van der Waals surface area contributed by atoms with Gasteiger partial charge in [0.2, 0.25) is 0 Å². The number of carbonyl (C=O) groups is 2. The zero-order valence-corrected chi connectivity index (χ0v) is 14.4. The summed E-state index contributed by atoms with van der Waals surface area (Å²) in [6.45, 7) is 0.879. The molecule has 6 heteroatoms. The highest BCUT2D eigenvalue weighted by Crippen LogP contribution is 2.14. The molecule has 0 radical (unpaired) electrons. The van der Waals surface area contributed by atoms with Crippen LogP contribution in [0.4, 0.5) is 0 Å². The first kappa shape index (κ1) is 17.4. The Balaban J connectivity index is 1.82. The SMILES string of the molecule is COC(=O)c1ccc(C(=O)N(Cc2ccccc2)Cc2ccn[nH]2)cc1. The van der Waals surface area contributed by atoms with E-state index in [2.05, 4.69) is 14.9 Å². The van der Waals surface area contributed by atoms with Gasteiger partial charge in [0.15, 0.2) is 0 Å². The number of esters is 1. The lowest BCUT2D eigenvalue weighted by Crippen LogP contribution is -2.30. The zero-order valence-electron chi connectivity index (χ0n) is 14.4. The molecular formula is C20H19N3O3. The van der Waals surface area contributed by atoms with E-state index in [1.165, 1.54) is 7.11 Å². The van der Waals surface area contributed by atoms with Gasteiger partial charge in [-0.2, -0.15) is 5.10 Å². The van der Waals surface area contributed by atoms with Gasteiger partial charge in [-0.25, -0.2) is 4.79 Å². The topological polar surface area (TPSA) is 75.3 Å². The van der Waals surface area contributed by atoms with Crippen molar-refractivity contribution in [3.05, 3.63) is 89.2 Å². The average Bonchev–Trinajstić information content (AvgIpc) is 3.20. The molecule has 0 saturated heterocycles. The van der Waals surface area contributed by atoms with Crippen LogP contribution in [-0.4, -0.2) is 34.1 Å². The van der Waals surface area contributed by atoms with Gasteiger partial charge in [0.25, 0.3) is 5.91 Å². The van der Waals surface area contributed by atoms with Crippen molar-refractivity contribution in [2.75, 3.05) is 7.11 Å². The smallest absolute Gasteiger partial charge is 0.337 e. The van der Waals surface area contributed by atoms with E-state index >= 15 is 0 Å². The molecule has 0 aliphatic heterocycles. The Bertz CT molecular complexity index is 859. The first-order valence-electron chi connectivity index (χ1n) is 8.17. The number of hydrogen-bond donors (Lipinski definition) is 1. The molecule has 1 N–H and O–H groups in total. The number of amides is 1. The lowest BCUT2D eigenvalue weighted by Gasteiger charge is -2.22. The Morgan fingerprint density at radius 1 is 0.962 bits per heavy atom. The quantitative estimate of drug-likeness (QED) is 0.694. The van der Waals surface area contributed by atoms with Crippen LogP contribution in [0.15, 0.2) is 66.9 Å². The number of H-pyrrole nitrogens is 1. The van der Waals surface area contributed by atoms with Gasteiger partial charge in [0.05, 0.1) is 24.9 Å². The normalized spacial score (nSPS) is 10.3. The molecule has 3 aromatic rings. The second-order valence-electron chi connectivity index (χ2n) is 5.80. The van der Waals surface area contributed by atoms with Crippen LogP contribution < -0.4 is 0 Å². The number of hydrogen-bond acceptors (Lipinski definition) is 4. The lowest BCUT2D eigenvalue weighted by atomic mass is 10.1. The van der Waals surface area contributed by atoms with Crippen molar-refractivity contribution in [3.8, 4) is 0 Å². The molecule has 0 aliphatic rings. The van der Waals surface area contributed by atoms with Gasteiger partial charge in [-0.1, -0.05) is 30.3 Å². The van der Waals surface area contributed by atoms with E-state index in [0.29, 0.717) is 24.2 Å². The molecule has 0 saturated carbocycles. The molecule has 0 fully saturated rings. The Hall–Kier alpha value is -3.41. The molecule has 26 heavy (non-hydrogen) atoms. The summed E-state index contributed by atoms with van der Waals surface area (Å²) in [6.07, 6.45) is 1.66. The van der Waals surface area contributed by atoms with Gasteiger partial charge in [0, 0.05) is 18.3 Å². The molecule has 132 valence electrons. The average molecular weight is 349 g/mol. The van der Waals surface area contributed by atoms with Crippen molar-refractivity contribution in [1.82, 2.24) is 15.1 Å². The van der Waals surface area contributed by atoms with Crippen molar-refractivity contribution in [3.63, 3.8) is 0 Å². The number of rotatable bonds is 6. The summed E-state index contributed by atoms with van der Waals surface area (Å²) in [5.41, 5.74) is 2.80. The van der Waals surface area contributed by atoms with E-state index in [-0.39, 0.29) is 5.91 Å². The molecule has 0 bridgehead atoms. The van der Waals surface area contributed by atoms with Crippen LogP contribution >= 0.6 is 0 Å². The maximum Gasteiger partial charge on any atom is 0.337 e. The van der Waals surface area contributed by atoms with E-state index in [4.69, 9.17) is 0 Å². The molecule has 0 atom stereocenters. The first-order valence-corrected chi connectivity index (χ1v) is 8.17. The number of aromatic nitrogens is 2. The summed E-state index contributed by atoms with van der Waals surface area (Å²) in [6, 6.07) is 18.1. The Morgan fingerprint density at radius 3 is 2.27 bits per heavy atom. The van der Waals surface area contributed by atoms with Crippen LogP contribution in [0.2, 0.25) is 0 Å². The van der Waals surface area contributed by atoms with Gasteiger partial charge in [0.1, 0.15) is 0 Å². The van der Waals surface area contributed by atoms with Crippen molar-refractivity contribution in [1.29, 1.82) is 0 Å². The Kier molecular flexibility index (Phi) is 5.43. The van der Waals surface area contributed by atoms with E-state index < -0.39 is 5.97 Å². The molecule has 0 aliphatic carbocycles. The van der Waals surface area contributed by atoms with Gasteiger partial charge in [-0.3, -0.25) is 9.89 Å². The van der Waals surface area contributed by atoms with Crippen LogP contribution in [0.25, 0.3) is 0 Å². The van der Waals surface area contributed by atoms with Crippen LogP contribution in [0.5, 0.6) is 0 Å². The third kappa shape index (κ3) is 4.16. The highest BCUT2D eigenvalue weighted by molar-refractivity contribution is 5.96. The minimum absolute atomic E-state index is 0.125. The van der Waals surface area contributed by atoms with Crippen molar-refractivity contribution >= 4 is 11.9 Å². The predicted molar refractivity (Wildman–Crippen MR) is 96.4 cm³/mol. The summed E-state index contributed by atoms with van der Waals surface area (Å²) in [5, 5.41) is 6.83. The molecule has 1 aromatic heterocycles. The maximum absolute atomic E-state index is 13.0. The standard InChI is InChI=1S/C20H19N3O3/c1-26-20(25)17-9-7-16(8-10-17)19(24)23(14-18-11-12-21-22-18)13-15-5-3-2-4-6-15/h2-12H,13-14H2,1H3,(H,21,22). The maximum atomic E-state index is 13.0. The largest absolute Gasteiger partial charge is 0.465 e. The molecule has 6 nitrogen and oxygen atoms in total. The summed E-state index contributed by atoms with van der Waals surface area (Å²) in [7, 11) is 1.33. The van der Waals surface area contributed by atoms with Crippen LogP contribution in [-0.2, 0) is 17.8 Å². The minimum atomic E-state index is -0.428. The van der Waals surface area contributed by atoms with E-state index in [1.54, 1.807) is 35.4 Å². The molecule has 0 unspecified atom stereocenters. The molecule has 0 spiro atoms. The van der Waals surface area contributed by atoms with E-state index in [1.807, 2.05) is 36.4 Å². The molecule has 1 heterocycles. The third-order valence-electron chi connectivity index (χ3n) is 3.98. The summed E-state index contributed by atoms with van der Waals surface area (Å²) in [5.74, 6) is -0.553. The highest BCUT2D eigenvalue weighted by atomic mass is 16.5. The fourth-order valence-electron chi connectivity index (χ4n) is 2.63. The van der Waals surface area contributed by atoms with Gasteiger partial charge >= 0.3 is 5.97 Å². The third-order valence-corrected chi connectivity index (χ3v) is 3.98. The van der Waals surface area contributed by atoms with Gasteiger partial charge in [-0.15, -0.1) is 0 Å². The summed E-state index contributed by atoms with van der Waals surface area (Å²) >= 11 is 0. The van der Waals surface area contributed by atoms with E-state index in [9.17, 15) is 9.59 Å². The number of benzene rings is 2. The predicted octanol–water partition coefficient (Wildman–Crippen LogP) is 3.04. The monoisotopic (exact) mass is 349 g/mol. The molecule has 3 rings (SSSR count). The Morgan fingerprint density at radius 2 is 1.65 bits per heavy atom. The van der Waals surface area contributed by atoms with Gasteiger partial charge < -0.3 is 9.64 Å². The van der Waals surface area contributed by atoms with Crippen molar-refractivity contribution in [2.24, 2.45) is 0 Å². The number of carbonyl (C=O) groups excluding carboxylic acids is 2. The molecular weight excluding hydrogens is 330 g/mol.